The lowest BCUT2D eigenvalue weighted by Gasteiger charge is -2.16. The summed E-state index contributed by atoms with van der Waals surface area (Å²) in [7, 11) is 0. The largest absolute Gasteiger partial charge is 0.449 e. The summed E-state index contributed by atoms with van der Waals surface area (Å²) in [6.45, 7) is 2.13. The topological polar surface area (TPSA) is 111 Å². The fourth-order valence-corrected chi connectivity index (χ4v) is 2.25. The van der Waals surface area contributed by atoms with E-state index in [9.17, 15) is 14.4 Å². The molecule has 7 heteroatoms. The third-order valence-electron chi connectivity index (χ3n) is 3.61. The van der Waals surface area contributed by atoms with E-state index in [4.69, 9.17) is 10.5 Å². The molecule has 4 N–H and O–H groups in total. The third-order valence-corrected chi connectivity index (χ3v) is 3.61. The van der Waals surface area contributed by atoms with E-state index >= 15 is 0 Å². The zero-order valence-corrected chi connectivity index (χ0v) is 14.4. The van der Waals surface area contributed by atoms with Gasteiger partial charge in [0.15, 0.2) is 6.10 Å². The minimum Gasteiger partial charge on any atom is -0.449 e. The first-order valence-corrected chi connectivity index (χ1v) is 8.18. The SMILES string of the molecule is CCC(OC(=O)c1ccc(NC(N)=O)cc1)C(=O)NCc1ccccc1. The van der Waals surface area contributed by atoms with Gasteiger partial charge < -0.3 is 21.1 Å². The molecule has 0 fully saturated rings. The molecule has 0 heterocycles. The number of hydrogen-bond donors (Lipinski definition) is 3. The molecular weight excluding hydrogens is 334 g/mol. The van der Waals surface area contributed by atoms with Crippen molar-refractivity contribution in [2.75, 3.05) is 5.32 Å². The second-order valence-electron chi connectivity index (χ2n) is 5.57. The molecule has 0 aliphatic carbocycles. The summed E-state index contributed by atoms with van der Waals surface area (Å²) in [6, 6.07) is 14.8. The molecule has 7 nitrogen and oxygen atoms in total. The highest BCUT2D eigenvalue weighted by molar-refractivity contribution is 5.93. The molecule has 2 aromatic carbocycles. The maximum absolute atomic E-state index is 12.2. The van der Waals surface area contributed by atoms with Crippen molar-refractivity contribution >= 4 is 23.6 Å². The highest BCUT2D eigenvalue weighted by atomic mass is 16.5. The highest BCUT2D eigenvalue weighted by Gasteiger charge is 2.21. The zero-order chi connectivity index (χ0) is 18.9. The van der Waals surface area contributed by atoms with Crippen LogP contribution in [0.15, 0.2) is 54.6 Å². The van der Waals surface area contributed by atoms with Crippen LogP contribution in [0.2, 0.25) is 0 Å². The Bertz CT molecular complexity index is 760. The molecule has 1 atom stereocenters. The number of primary amides is 1. The number of amides is 3. The molecule has 136 valence electrons. The van der Waals surface area contributed by atoms with Crippen molar-refractivity contribution in [3.8, 4) is 0 Å². The van der Waals surface area contributed by atoms with E-state index in [1.54, 1.807) is 6.92 Å². The maximum Gasteiger partial charge on any atom is 0.338 e. The number of carbonyl (C=O) groups is 3. The molecule has 0 radical (unpaired) electrons. The molecule has 0 bridgehead atoms. The summed E-state index contributed by atoms with van der Waals surface area (Å²) in [5.74, 6) is -0.964. The number of benzene rings is 2. The van der Waals surface area contributed by atoms with E-state index < -0.39 is 18.1 Å². The zero-order valence-electron chi connectivity index (χ0n) is 14.4. The molecule has 0 aliphatic heterocycles. The molecule has 1 unspecified atom stereocenters. The summed E-state index contributed by atoms with van der Waals surface area (Å²) in [5, 5.41) is 5.16. The molecule has 0 aromatic heterocycles. The molecular formula is C19H21N3O4. The summed E-state index contributed by atoms with van der Waals surface area (Å²) >= 11 is 0. The lowest BCUT2D eigenvalue weighted by molar-refractivity contribution is -0.130. The standard InChI is InChI=1S/C19H21N3O4/c1-2-16(17(23)21-12-13-6-4-3-5-7-13)26-18(24)14-8-10-15(11-9-14)22-19(20)25/h3-11,16H,2,12H2,1H3,(H,21,23)(H3,20,22,25). The second-order valence-corrected chi connectivity index (χ2v) is 5.57. The van der Waals surface area contributed by atoms with Gasteiger partial charge in [-0.2, -0.15) is 0 Å². The van der Waals surface area contributed by atoms with E-state index in [0.717, 1.165) is 5.56 Å². The lowest BCUT2D eigenvalue weighted by Crippen LogP contribution is -2.37. The van der Waals surface area contributed by atoms with E-state index in [-0.39, 0.29) is 11.5 Å². The number of ether oxygens (including phenoxy) is 1. The maximum atomic E-state index is 12.2. The van der Waals surface area contributed by atoms with Crippen LogP contribution in [0.4, 0.5) is 10.5 Å². The number of rotatable bonds is 7. The molecule has 3 amide bonds. The van der Waals surface area contributed by atoms with Gasteiger partial charge in [-0.1, -0.05) is 37.3 Å². The summed E-state index contributed by atoms with van der Waals surface area (Å²) in [5.41, 5.74) is 6.71. The predicted molar refractivity (Wildman–Crippen MR) is 97.4 cm³/mol. The number of carbonyl (C=O) groups excluding carboxylic acids is 3. The monoisotopic (exact) mass is 355 g/mol. The number of nitrogens with two attached hydrogens (primary N) is 1. The molecule has 0 spiro atoms. The van der Waals surface area contributed by atoms with Crippen molar-refractivity contribution in [3.05, 3.63) is 65.7 Å². The summed E-state index contributed by atoms with van der Waals surface area (Å²) in [6.07, 6.45) is -0.525. The van der Waals surface area contributed by atoms with Gasteiger partial charge in [0, 0.05) is 12.2 Å². The van der Waals surface area contributed by atoms with Crippen molar-refractivity contribution in [1.82, 2.24) is 5.32 Å². The Morgan fingerprint density at radius 1 is 1.04 bits per heavy atom. The van der Waals surface area contributed by atoms with Crippen molar-refractivity contribution < 1.29 is 19.1 Å². The van der Waals surface area contributed by atoms with Crippen LogP contribution < -0.4 is 16.4 Å². The van der Waals surface area contributed by atoms with Crippen molar-refractivity contribution in [1.29, 1.82) is 0 Å². The summed E-state index contributed by atoms with van der Waals surface area (Å²) in [4.78, 5) is 35.2. The van der Waals surface area contributed by atoms with Gasteiger partial charge in [0.1, 0.15) is 0 Å². The number of urea groups is 1. The molecule has 2 aromatic rings. The Kier molecular flexibility index (Phi) is 6.73. The fourth-order valence-electron chi connectivity index (χ4n) is 2.25. The molecule has 0 saturated heterocycles. The van der Waals surface area contributed by atoms with Gasteiger partial charge >= 0.3 is 12.0 Å². The van der Waals surface area contributed by atoms with Crippen molar-refractivity contribution in [2.24, 2.45) is 5.73 Å². The van der Waals surface area contributed by atoms with Crippen molar-refractivity contribution in [2.45, 2.75) is 26.0 Å². The lowest BCUT2D eigenvalue weighted by atomic mass is 10.2. The van der Waals surface area contributed by atoms with Crippen LogP contribution in [0, 0.1) is 0 Å². The summed E-state index contributed by atoms with van der Waals surface area (Å²) < 4.78 is 5.29. The number of nitrogens with one attached hydrogen (secondary N) is 2. The van der Waals surface area contributed by atoms with Crippen LogP contribution >= 0.6 is 0 Å². The van der Waals surface area contributed by atoms with Crippen LogP contribution in [-0.4, -0.2) is 24.0 Å². The Hall–Kier alpha value is -3.35. The van der Waals surface area contributed by atoms with Crippen LogP contribution in [0.25, 0.3) is 0 Å². The fraction of sp³-hybridized carbons (Fsp3) is 0.211. The van der Waals surface area contributed by atoms with Gasteiger partial charge in [0.25, 0.3) is 5.91 Å². The van der Waals surface area contributed by atoms with Crippen LogP contribution in [0.1, 0.15) is 29.3 Å². The average Bonchev–Trinajstić information content (AvgIpc) is 2.65. The first-order valence-electron chi connectivity index (χ1n) is 8.18. The van der Waals surface area contributed by atoms with Gasteiger partial charge in [-0.15, -0.1) is 0 Å². The predicted octanol–water partition coefficient (Wildman–Crippen LogP) is 2.43. The Balaban J connectivity index is 1.92. The quantitative estimate of drug-likeness (QED) is 0.662. The van der Waals surface area contributed by atoms with Gasteiger partial charge in [-0.05, 0) is 36.2 Å². The first-order chi connectivity index (χ1) is 12.5. The van der Waals surface area contributed by atoms with E-state index in [0.29, 0.717) is 18.7 Å². The number of hydrogen-bond acceptors (Lipinski definition) is 4. The van der Waals surface area contributed by atoms with E-state index in [2.05, 4.69) is 10.6 Å². The average molecular weight is 355 g/mol. The smallest absolute Gasteiger partial charge is 0.338 e. The Morgan fingerprint density at radius 3 is 2.27 bits per heavy atom. The van der Waals surface area contributed by atoms with Gasteiger partial charge in [0.05, 0.1) is 5.56 Å². The van der Waals surface area contributed by atoms with E-state index in [1.165, 1.54) is 24.3 Å². The number of esters is 1. The second kappa shape index (κ2) is 9.22. The normalized spacial score (nSPS) is 11.3. The number of anilines is 1. The minimum absolute atomic E-state index is 0.273. The van der Waals surface area contributed by atoms with Crippen LogP contribution in [0.5, 0.6) is 0 Å². The van der Waals surface area contributed by atoms with Crippen LogP contribution in [0.3, 0.4) is 0 Å². The molecule has 2 rings (SSSR count). The van der Waals surface area contributed by atoms with Gasteiger partial charge in [0.2, 0.25) is 0 Å². The van der Waals surface area contributed by atoms with Crippen LogP contribution in [-0.2, 0) is 16.1 Å². The molecule has 0 saturated carbocycles. The van der Waals surface area contributed by atoms with Crippen molar-refractivity contribution in [3.63, 3.8) is 0 Å². The van der Waals surface area contributed by atoms with E-state index in [1.807, 2.05) is 30.3 Å². The Morgan fingerprint density at radius 2 is 1.69 bits per heavy atom. The third kappa shape index (κ3) is 5.62. The van der Waals surface area contributed by atoms with Gasteiger partial charge in [-0.3, -0.25) is 4.79 Å². The minimum atomic E-state index is -0.880. The Labute approximate surface area is 151 Å². The first kappa shape index (κ1) is 19.0. The molecule has 0 aliphatic rings. The highest BCUT2D eigenvalue weighted by Crippen LogP contribution is 2.12. The van der Waals surface area contributed by atoms with Gasteiger partial charge in [-0.25, -0.2) is 9.59 Å². The molecule has 26 heavy (non-hydrogen) atoms.